The second-order valence-corrected chi connectivity index (χ2v) is 5.62. The molecule has 0 saturated carbocycles. The van der Waals surface area contributed by atoms with Crippen molar-refractivity contribution in [3.8, 4) is 11.5 Å². The zero-order valence-electron chi connectivity index (χ0n) is 13.5. The number of aryl methyl sites for hydroxylation is 1. The first-order chi connectivity index (χ1) is 12.1. The minimum atomic E-state index is -0.373. The van der Waals surface area contributed by atoms with Gasteiger partial charge in [-0.05, 0) is 36.5 Å². The van der Waals surface area contributed by atoms with Gasteiger partial charge in [0.25, 0.3) is 5.91 Å². The van der Waals surface area contributed by atoms with Crippen LogP contribution in [0.4, 0.5) is 5.69 Å². The second-order valence-electron chi connectivity index (χ2n) is 5.21. The predicted molar refractivity (Wildman–Crippen MR) is 99.9 cm³/mol. The molecule has 3 rings (SSSR count). The number of carbonyl (C=O) groups is 1. The summed E-state index contributed by atoms with van der Waals surface area (Å²) in [5.74, 6) is 1.31. The van der Waals surface area contributed by atoms with Crippen molar-refractivity contribution in [1.29, 1.82) is 0 Å². The minimum Gasteiger partial charge on any atom is -0.457 e. The molecule has 0 bridgehead atoms. The fraction of sp³-hybridized carbons (Fsp3) is 0.0556. The maximum absolute atomic E-state index is 12.1. The van der Waals surface area contributed by atoms with Crippen LogP contribution < -0.4 is 15.4 Å². The molecular formula is C18H16N4O2S. The van der Waals surface area contributed by atoms with Crippen LogP contribution in [-0.2, 0) is 7.05 Å². The van der Waals surface area contributed by atoms with E-state index in [-0.39, 0.29) is 16.8 Å². The van der Waals surface area contributed by atoms with Gasteiger partial charge in [-0.3, -0.25) is 10.1 Å². The average Bonchev–Trinajstić information content (AvgIpc) is 3.02. The largest absolute Gasteiger partial charge is 0.457 e. The Morgan fingerprint density at radius 1 is 1.12 bits per heavy atom. The van der Waals surface area contributed by atoms with Gasteiger partial charge < -0.3 is 14.6 Å². The quantitative estimate of drug-likeness (QED) is 0.705. The second kappa shape index (κ2) is 7.59. The molecule has 25 heavy (non-hydrogen) atoms. The molecule has 0 fully saturated rings. The Labute approximate surface area is 150 Å². The minimum absolute atomic E-state index is 0.185. The Morgan fingerprint density at radius 3 is 2.60 bits per heavy atom. The van der Waals surface area contributed by atoms with E-state index in [1.54, 1.807) is 30.1 Å². The maximum atomic E-state index is 12.1. The first-order valence-corrected chi connectivity index (χ1v) is 7.95. The molecule has 1 aromatic heterocycles. The Kier molecular flexibility index (Phi) is 5.06. The number of rotatable bonds is 4. The number of para-hydroxylation sites is 1. The topological polar surface area (TPSA) is 68.2 Å². The van der Waals surface area contributed by atoms with E-state index in [1.165, 1.54) is 0 Å². The molecule has 0 aliphatic rings. The molecule has 0 saturated heterocycles. The van der Waals surface area contributed by atoms with Crippen LogP contribution in [0.2, 0.25) is 0 Å². The molecule has 2 aromatic carbocycles. The number of aromatic nitrogens is 2. The molecule has 0 spiro atoms. The van der Waals surface area contributed by atoms with Crippen molar-refractivity contribution in [3.63, 3.8) is 0 Å². The fourth-order valence-electron chi connectivity index (χ4n) is 2.17. The number of nitrogens with zero attached hydrogens (tertiary/aromatic N) is 2. The van der Waals surface area contributed by atoms with Crippen molar-refractivity contribution in [3.05, 3.63) is 72.8 Å². The number of amides is 1. The summed E-state index contributed by atoms with van der Waals surface area (Å²) in [6.45, 7) is 0. The van der Waals surface area contributed by atoms with E-state index < -0.39 is 0 Å². The number of nitrogens with one attached hydrogen (secondary N) is 2. The molecule has 0 unspecified atom stereocenters. The summed E-state index contributed by atoms with van der Waals surface area (Å²) in [6, 6.07) is 16.8. The van der Waals surface area contributed by atoms with Crippen LogP contribution in [0.3, 0.4) is 0 Å². The van der Waals surface area contributed by atoms with Crippen molar-refractivity contribution >= 4 is 28.9 Å². The third kappa shape index (κ3) is 4.42. The molecule has 2 N–H and O–H groups in total. The number of hydrogen-bond acceptors (Lipinski definition) is 4. The summed E-state index contributed by atoms with van der Waals surface area (Å²) in [6.07, 6.45) is 3.24. The molecule has 0 radical (unpaired) electrons. The van der Waals surface area contributed by atoms with Gasteiger partial charge in [0.2, 0.25) is 0 Å². The summed E-state index contributed by atoms with van der Waals surface area (Å²) in [5.41, 5.74) is 0.707. The monoisotopic (exact) mass is 352 g/mol. The van der Waals surface area contributed by atoms with E-state index in [2.05, 4.69) is 15.6 Å². The zero-order chi connectivity index (χ0) is 17.6. The Hall–Kier alpha value is -3.19. The van der Waals surface area contributed by atoms with Gasteiger partial charge in [-0.2, -0.15) is 0 Å². The van der Waals surface area contributed by atoms with Gasteiger partial charge in [0.1, 0.15) is 11.5 Å². The van der Waals surface area contributed by atoms with E-state index in [4.69, 9.17) is 17.0 Å². The standard InChI is InChI=1S/C18H16N4O2S/c1-22-11-10-19-16(22)17(23)21-18(25)20-13-6-5-9-15(12-13)24-14-7-3-2-4-8-14/h2-12H,1H3,(H2,20,21,23,25). The van der Waals surface area contributed by atoms with E-state index in [0.29, 0.717) is 11.4 Å². The molecule has 0 aliphatic heterocycles. The van der Waals surface area contributed by atoms with Gasteiger partial charge in [0.05, 0.1) is 0 Å². The van der Waals surface area contributed by atoms with Gasteiger partial charge >= 0.3 is 0 Å². The van der Waals surface area contributed by atoms with E-state index in [9.17, 15) is 4.79 Å². The Bertz CT molecular complexity index is 893. The van der Waals surface area contributed by atoms with Crippen LogP contribution in [0.25, 0.3) is 0 Å². The summed E-state index contributed by atoms with van der Waals surface area (Å²) in [5, 5.41) is 5.75. The number of anilines is 1. The highest BCUT2D eigenvalue weighted by Crippen LogP contribution is 2.23. The highest BCUT2D eigenvalue weighted by molar-refractivity contribution is 7.80. The van der Waals surface area contributed by atoms with Crippen LogP contribution in [0.5, 0.6) is 11.5 Å². The highest BCUT2D eigenvalue weighted by Gasteiger charge is 2.12. The lowest BCUT2D eigenvalue weighted by atomic mass is 10.3. The Balaban J connectivity index is 1.63. The van der Waals surface area contributed by atoms with Crippen molar-refractivity contribution in [2.75, 3.05) is 5.32 Å². The summed E-state index contributed by atoms with van der Waals surface area (Å²) < 4.78 is 7.39. The molecule has 7 heteroatoms. The lowest BCUT2D eigenvalue weighted by molar-refractivity contribution is 0.0964. The van der Waals surface area contributed by atoms with E-state index in [0.717, 1.165) is 5.75 Å². The van der Waals surface area contributed by atoms with Crippen LogP contribution in [0.15, 0.2) is 67.0 Å². The molecule has 6 nitrogen and oxygen atoms in total. The van der Waals surface area contributed by atoms with Crippen LogP contribution in [0, 0.1) is 0 Å². The lowest BCUT2D eigenvalue weighted by Crippen LogP contribution is -2.35. The van der Waals surface area contributed by atoms with Gasteiger partial charge in [-0.1, -0.05) is 24.3 Å². The van der Waals surface area contributed by atoms with Crippen molar-refractivity contribution in [2.24, 2.45) is 7.05 Å². The molecule has 3 aromatic rings. The number of hydrogen-bond donors (Lipinski definition) is 2. The van der Waals surface area contributed by atoms with Crippen LogP contribution in [-0.4, -0.2) is 20.6 Å². The first kappa shape index (κ1) is 16.7. The SMILES string of the molecule is Cn1ccnc1C(=O)NC(=S)Nc1cccc(Oc2ccccc2)c1. The number of thiocarbonyl (C=S) groups is 1. The lowest BCUT2D eigenvalue weighted by Gasteiger charge is -2.11. The van der Waals surface area contributed by atoms with E-state index in [1.807, 2.05) is 48.5 Å². The normalized spacial score (nSPS) is 10.1. The predicted octanol–water partition coefficient (Wildman–Crippen LogP) is 3.34. The first-order valence-electron chi connectivity index (χ1n) is 7.54. The van der Waals surface area contributed by atoms with Crippen molar-refractivity contribution in [2.45, 2.75) is 0 Å². The van der Waals surface area contributed by atoms with Crippen LogP contribution >= 0.6 is 12.2 Å². The zero-order valence-corrected chi connectivity index (χ0v) is 14.3. The number of ether oxygens (including phenoxy) is 1. The van der Waals surface area contributed by atoms with Gasteiger partial charge in [-0.15, -0.1) is 0 Å². The van der Waals surface area contributed by atoms with Crippen LogP contribution in [0.1, 0.15) is 10.6 Å². The average molecular weight is 352 g/mol. The molecule has 0 aliphatic carbocycles. The molecular weight excluding hydrogens is 336 g/mol. The smallest absolute Gasteiger partial charge is 0.293 e. The summed E-state index contributed by atoms with van der Waals surface area (Å²) in [4.78, 5) is 16.1. The molecule has 0 atom stereocenters. The fourth-order valence-corrected chi connectivity index (χ4v) is 2.38. The third-order valence-corrected chi connectivity index (χ3v) is 3.53. The van der Waals surface area contributed by atoms with Crippen molar-refractivity contribution < 1.29 is 9.53 Å². The van der Waals surface area contributed by atoms with Crippen molar-refractivity contribution in [1.82, 2.24) is 14.9 Å². The van der Waals surface area contributed by atoms with Gasteiger partial charge in [0.15, 0.2) is 10.9 Å². The third-order valence-electron chi connectivity index (χ3n) is 3.32. The van der Waals surface area contributed by atoms with E-state index >= 15 is 0 Å². The summed E-state index contributed by atoms with van der Waals surface area (Å²) in [7, 11) is 1.74. The maximum Gasteiger partial charge on any atom is 0.293 e. The van der Waals surface area contributed by atoms with Gasteiger partial charge in [-0.25, -0.2) is 4.98 Å². The molecule has 126 valence electrons. The van der Waals surface area contributed by atoms with Gasteiger partial charge in [0, 0.05) is 31.2 Å². The Morgan fingerprint density at radius 2 is 1.88 bits per heavy atom. The molecule has 1 amide bonds. The highest BCUT2D eigenvalue weighted by atomic mass is 32.1. The number of imidazole rings is 1. The molecule has 1 heterocycles. The number of carbonyl (C=O) groups excluding carboxylic acids is 1. The summed E-state index contributed by atoms with van der Waals surface area (Å²) >= 11 is 5.18. The number of benzene rings is 2.